The Balaban J connectivity index is 1.71. The van der Waals surface area contributed by atoms with Gasteiger partial charge in [-0.3, -0.25) is 4.79 Å². The number of aliphatic hydroxyl groups is 1. The summed E-state index contributed by atoms with van der Waals surface area (Å²) in [5.74, 6) is -0.225. The first kappa shape index (κ1) is 14.0. The van der Waals surface area contributed by atoms with Crippen LogP contribution in [0.3, 0.4) is 0 Å². The second-order valence-corrected chi connectivity index (χ2v) is 5.66. The van der Waals surface area contributed by atoms with E-state index in [-0.39, 0.29) is 29.2 Å². The van der Waals surface area contributed by atoms with E-state index in [2.05, 4.69) is 10.3 Å². The van der Waals surface area contributed by atoms with E-state index < -0.39 is 0 Å². The van der Waals surface area contributed by atoms with Crippen LogP contribution in [0, 0.1) is 16.7 Å². The first-order chi connectivity index (χ1) is 10.2. The maximum Gasteiger partial charge on any atom is 0.251 e. The number of rotatable bonds is 2. The molecular weight excluding hydrogens is 270 g/mol. The standard InChI is InChI=1S/C15H17N3O3/c16-9-11-7-10(1-4-17-11)14(20)18-12-8-13(19)15(12)2-5-21-6-3-15/h1,4,7,12-13,19H,2-3,5-6,8H2,(H,18,20)/t12-,13-/m1/s1. The minimum atomic E-state index is -0.376. The molecule has 3 rings (SSSR count). The molecule has 2 fully saturated rings. The van der Waals surface area contributed by atoms with Gasteiger partial charge in [-0.15, -0.1) is 0 Å². The van der Waals surface area contributed by atoms with E-state index in [4.69, 9.17) is 10.00 Å². The predicted octanol–water partition coefficient (Wildman–Crippen LogP) is 0.613. The molecule has 1 spiro atoms. The summed E-state index contributed by atoms with van der Waals surface area (Å²) in [6, 6.07) is 4.94. The van der Waals surface area contributed by atoms with Crippen LogP contribution in [0.25, 0.3) is 0 Å². The number of aliphatic hydroxyl groups excluding tert-OH is 1. The zero-order chi connectivity index (χ0) is 14.9. The number of aromatic nitrogens is 1. The summed E-state index contributed by atoms with van der Waals surface area (Å²) in [6.45, 7) is 1.24. The fourth-order valence-corrected chi connectivity index (χ4v) is 3.27. The van der Waals surface area contributed by atoms with Gasteiger partial charge < -0.3 is 15.2 Å². The highest BCUT2D eigenvalue weighted by Gasteiger charge is 2.55. The first-order valence-electron chi connectivity index (χ1n) is 7.08. The average Bonchev–Trinajstić information content (AvgIpc) is 2.55. The number of nitrogens with one attached hydrogen (secondary N) is 1. The largest absolute Gasteiger partial charge is 0.392 e. The molecule has 1 saturated carbocycles. The minimum absolute atomic E-state index is 0.0393. The molecule has 1 aromatic heterocycles. The molecule has 1 amide bonds. The fraction of sp³-hybridized carbons (Fsp3) is 0.533. The molecule has 6 nitrogen and oxygen atoms in total. The molecule has 1 aromatic rings. The summed E-state index contributed by atoms with van der Waals surface area (Å²) in [5, 5.41) is 21.9. The average molecular weight is 287 g/mol. The molecule has 2 atom stereocenters. The fourth-order valence-electron chi connectivity index (χ4n) is 3.27. The summed E-state index contributed by atoms with van der Waals surface area (Å²) in [5.41, 5.74) is 0.390. The molecule has 110 valence electrons. The van der Waals surface area contributed by atoms with Crippen molar-refractivity contribution < 1.29 is 14.6 Å². The van der Waals surface area contributed by atoms with E-state index in [1.165, 1.54) is 12.3 Å². The number of amides is 1. The topological polar surface area (TPSA) is 95.2 Å². The van der Waals surface area contributed by atoms with Gasteiger partial charge in [-0.2, -0.15) is 5.26 Å². The summed E-state index contributed by atoms with van der Waals surface area (Å²) in [4.78, 5) is 16.1. The Kier molecular flexibility index (Phi) is 3.62. The molecule has 0 bridgehead atoms. The van der Waals surface area contributed by atoms with Crippen LogP contribution in [0.4, 0.5) is 0 Å². The molecule has 0 unspecified atom stereocenters. The van der Waals surface area contributed by atoms with Gasteiger partial charge in [0, 0.05) is 36.4 Å². The van der Waals surface area contributed by atoms with E-state index in [1.54, 1.807) is 6.07 Å². The molecule has 0 radical (unpaired) electrons. The number of ether oxygens (including phenoxy) is 1. The van der Waals surface area contributed by atoms with Crippen molar-refractivity contribution in [2.24, 2.45) is 5.41 Å². The smallest absolute Gasteiger partial charge is 0.251 e. The highest BCUT2D eigenvalue weighted by molar-refractivity contribution is 5.94. The Hall–Kier alpha value is -1.97. The lowest BCUT2D eigenvalue weighted by molar-refractivity contribution is -0.145. The van der Waals surface area contributed by atoms with Gasteiger partial charge in [-0.05, 0) is 31.4 Å². The Morgan fingerprint density at radius 3 is 2.95 bits per heavy atom. The zero-order valence-electron chi connectivity index (χ0n) is 11.6. The van der Waals surface area contributed by atoms with E-state index >= 15 is 0 Å². The third kappa shape index (κ3) is 2.39. The molecule has 2 N–H and O–H groups in total. The number of hydrogen-bond donors (Lipinski definition) is 2. The normalized spacial score (nSPS) is 26.7. The van der Waals surface area contributed by atoms with Gasteiger partial charge >= 0.3 is 0 Å². The number of carbonyl (C=O) groups is 1. The molecule has 1 aliphatic carbocycles. The number of nitriles is 1. The van der Waals surface area contributed by atoms with Crippen LogP contribution < -0.4 is 5.32 Å². The molecule has 1 saturated heterocycles. The monoisotopic (exact) mass is 287 g/mol. The summed E-state index contributed by atoms with van der Waals surface area (Å²) < 4.78 is 5.35. The summed E-state index contributed by atoms with van der Waals surface area (Å²) >= 11 is 0. The van der Waals surface area contributed by atoms with Crippen molar-refractivity contribution in [3.05, 3.63) is 29.6 Å². The van der Waals surface area contributed by atoms with Crippen LogP contribution in [-0.2, 0) is 4.74 Å². The Morgan fingerprint density at radius 1 is 1.52 bits per heavy atom. The van der Waals surface area contributed by atoms with E-state index in [1.807, 2.05) is 6.07 Å². The second-order valence-electron chi connectivity index (χ2n) is 5.66. The van der Waals surface area contributed by atoms with E-state index in [0.29, 0.717) is 25.2 Å². The molecule has 0 aromatic carbocycles. The van der Waals surface area contributed by atoms with Crippen LogP contribution in [0.5, 0.6) is 0 Å². The SMILES string of the molecule is N#Cc1cc(C(=O)N[C@@H]2C[C@@H](O)C23CCOCC3)ccn1. The minimum Gasteiger partial charge on any atom is -0.392 e. The van der Waals surface area contributed by atoms with Gasteiger partial charge in [0.25, 0.3) is 5.91 Å². The first-order valence-corrected chi connectivity index (χ1v) is 7.08. The van der Waals surface area contributed by atoms with Crippen LogP contribution in [0.1, 0.15) is 35.3 Å². The molecule has 2 heterocycles. The summed E-state index contributed by atoms with van der Waals surface area (Å²) in [7, 11) is 0. The lowest BCUT2D eigenvalue weighted by Crippen LogP contribution is -2.65. The van der Waals surface area contributed by atoms with Crippen molar-refractivity contribution >= 4 is 5.91 Å². The molecule has 6 heteroatoms. The van der Waals surface area contributed by atoms with Gasteiger partial charge in [0.1, 0.15) is 11.8 Å². The van der Waals surface area contributed by atoms with Crippen molar-refractivity contribution in [3.63, 3.8) is 0 Å². The van der Waals surface area contributed by atoms with E-state index in [9.17, 15) is 9.90 Å². The molecule has 1 aliphatic heterocycles. The third-order valence-electron chi connectivity index (χ3n) is 4.68. The number of nitrogens with zero attached hydrogens (tertiary/aromatic N) is 2. The van der Waals surface area contributed by atoms with Gasteiger partial charge in [-0.1, -0.05) is 0 Å². The quantitative estimate of drug-likeness (QED) is 0.831. The maximum atomic E-state index is 12.3. The maximum absolute atomic E-state index is 12.3. The van der Waals surface area contributed by atoms with Gasteiger partial charge in [0.2, 0.25) is 0 Å². The summed E-state index contributed by atoms with van der Waals surface area (Å²) in [6.07, 6.45) is 3.17. The number of hydrogen-bond acceptors (Lipinski definition) is 5. The van der Waals surface area contributed by atoms with Gasteiger partial charge in [-0.25, -0.2) is 4.98 Å². The van der Waals surface area contributed by atoms with Crippen molar-refractivity contribution in [1.82, 2.24) is 10.3 Å². The van der Waals surface area contributed by atoms with Gasteiger partial charge in [0.05, 0.1) is 6.10 Å². The third-order valence-corrected chi connectivity index (χ3v) is 4.68. The lowest BCUT2D eigenvalue weighted by Gasteiger charge is -2.55. The van der Waals surface area contributed by atoms with Crippen LogP contribution >= 0.6 is 0 Å². The van der Waals surface area contributed by atoms with Crippen molar-refractivity contribution in [1.29, 1.82) is 5.26 Å². The lowest BCUT2D eigenvalue weighted by atomic mass is 9.58. The molecular formula is C15H17N3O3. The highest BCUT2D eigenvalue weighted by atomic mass is 16.5. The predicted molar refractivity (Wildman–Crippen MR) is 73.3 cm³/mol. The highest BCUT2D eigenvalue weighted by Crippen LogP contribution is 2.48. The number of pyridine rings is 1. The number of carbonyl (C=O) groups excluding carboxylic acids is 1. The molecule has 2 aliphatic rings. The Morgan fingerprint density at radius 2 is 2.29 bits per heavy atom. The van der Waals surface area contributed by atoms with E-state index in [0.717, 1.165) is 12.8 Å². The second kappa shape index (κ2) is 5.43. The van der Waals surface area contributed by atoms with Gasteiger partial charge in [0.15, 0.2) is 0 Å². The zero-order valence-corrected chi connectivity index (χ0v) is 11.6. The molecule has 21 heavy (non-hydrogen) atoms. The van der Waals surface area contributed by atoms with Crippen molar-refractivity contribution in [2.75, 3.05) is 13.2 Å². The Labute approximate surface area is 122 Å². The van der Waals surface area contributed by atoms with Crippen molar-refractivity contribution in [3.8, 4) is 6.07 Å². The van der Waals surface area contributed by atoms with Crippen LogP contribution in [0.15, 0.2) is 18.3 Å². The van der Waals surface area contributed by atoms with Crippen LogP contribution in [0.2, 0.25) is 0 Å². The van der Waals surface area contributed by atoms with Crippen molar-refractivity contribution in [2.45, 2.75) is 31.4 Å². The van der Waals surface area contributed by atoms with Crippen LogP contribution in [-0.4, -0.2) is 41.4 Å². The Bertz CT molecular complexity index is 590.